The Balaban J connectivity index is 1.47. The molecule has 3 aliphatic heterocycles. The Labute approximate surface area is 230 Å². The van der Waals surface area contributed by atoms with Crippen LogP contribution in [0, 0.1) is 5.82 Å². The van der Waals surface area contributed by atoms with E-state index in [2.05, 4.69) is 0 Å². The van der Waals surface area contributed by atoms with E-state index in [1.165, 1.54) is 4.90 Å². The maximum Gasteiger partial charge on any atom is 0.354 e. The number of nitrogens with zero attached hydrogens (tertiary/aromatic N) is 2. The van der Waals surface area contributed by atoms with E-state index in [4.69, 9.17) is 9.47 Å². The molecule has 0 saturated carbocycles. The molecule has 15 nitrogen and oxygen atoms in total. The second-order valence-corrected chi connectivity index (χ2v) is 9.79. The fourth-order valence-corrected chi connectivity index (χ4v) is 5.10. The molecule has 16 heteroatoms. The SMILES string of the molecule is O=C1CC[C@](O)(N2C(=O)c3cccc(OC(O)(O)c4ccc(C(O)(O)N5CCOCC5)cc4F)c3C2(O)O)C(=O)N1. The first kappa shape index (κ1) is 28.9. The molecule has 0 aliphatic carbocycles. The molecule has 3 amide bonds. The van der Waals surface area contributed by atoms with E-state index in [0.717, 1.165) is 30.3 Å². The Morgan fingerprint density at radius 3 is 2.32 bits per heavy atom. The first-order valence-electron chi connectivity index (χ1n) is 12.3. The van der Waals surface area contributed by atoms with Gasteiger partial charge >= 0.3 is 5.97 Å². The van der Waals surface area contributed by atoms with E-state index < -0.39 is 82.3 Å². The lowest BCUT2D eigenvalue weighted by molar-refractivity contribution is -0.316. The average Bonchev–Trinajstić information content (AvgIpc) is 3.12. The largest absolute Gasteiger partial charge is 0.435 e. The van der Waals surface area contributed by atoms with Gasteiger partial charge in [-0.3, -0.25) is 19.7 Å². The summed E-state index contributed by atoms with van der Waals surface area (Å²) in [6.45, 7) is 0.643. The van der Waals surface area contributed by atoms with Crippen LogP contribution in [0.1, 0.15) is 39.9 Å². The van der Waals surface area contributed by atoms with Crippen LogP contribution in [0.4, 0.5) is 4.39 Å². The first-order chi connectivity index (χ1) is 19.1. The number of halogens is 1. The van der Waals surface area contributed by atoms with Crippen LogP contribution >= 0.6 is 0 Å². The number of aliphatic hydroxyl groups is 7. The lowest BCUT2D eigenvalue weighted by Gasteiger charge is -2.42. The molecular formula is C25H26FN3O12. The van der Waals surface area contributed by atoms with Crippen LogP contribution in [0.15, 0.2) is 36.4 Å². The predicted molar refractivity (Wildman–Crippen MR) is 128 cm³/mol. The summed E-state index contributed by atoms with van der Waals surface area (Å²) in [7, 11) is 0. The molecule has 3 heterocycles. The molecule has 3 aliphatic rings. The number of imide groups is 1. The monoisotopic (exact) mass is 579 g/mol. The number of nitrogens with one attached hydrogen (secondary N) is 1. The first-order valence-corrected chi connectivity index (χ1v) is 12.3. The lowest BCUT2D eigenvalue weighted by atomic mass is 9.99. The van der Waals surface area contributed by atoms with Crippen LogP contribution in [0.25, 0.3) is 0 Å². The van der Waals surface area contributed by atoms with Gasteiger partial charge in [0.1, 0.15) is 11.6 Å². The number of hydrogen-bond acceptors (Lipinski definition) is 13. The van der Waals surface area contributed by atoms with Gasteiger partial charge in [0, 0.05) is 31.5 Å². The van der Waals surface area contributed by atoms with Crippen molar-refractivity contribution in [3.05, 3.63) is 64.5 Å². The minimum absolute atomic E-state index is 0.0127. The number of morpholine rings is 1. The van der Waals surface area contributed by atoms with Gasteiger partial charge in [-0.15, -0.1) is 0 Å². The van der Waals surface area contributed by atoms with E-state index >= 15 is 4.39 Å². The fraction of sp³-hybridized carbons (Fsp3) is 0.400. The Bertz CT molecular complexity index is 1420. The van der Waals surface area contributed by atoms with Crippen molar-refractivity contribution in [1.29, 1.82) is 0 Å². The maximum absolute atomic E-state index is 15.1. The van der Waals surface area contributed by atoms with Gasteiger partial charge in [0.25, 0.3) is 23.6 Å². The summed E-state index contributed by atoms with van der Waals surface area (Å²) >= 11 is 0. The summed E-state index contributed by atoms with van der Waals surface area (Å²) in [6, 6.07) is 5.62. The number of rotatable bonds is 6. The molecule has 0 aromatic heterocycles. The number of carbonyl (C=O) groups is 3. The number of benzene rings is 2. The van der Waals surface area contributed by atoms with E-state index in [-0.39, 0.29) is 36.8 Å². The topological polar surface area (TPSA) is 230 Å². The average molecular weight is 579 g/mol. The van der Waals surface area contributed by atoms with Gasteiger partial charge in [0.05, 0.1) is 29.9 Å². The molecule has 2 saturated heterocycles. The van der Waals surface area contributed by atoms with Gasteiger partial charge in [-0.1, -0.05) is 12.1 Å². The van der Waals surface area contributed by atoms with E-state index in [1.807, 2.05) is 0 Å². The van der Waals surface area contributed by atoms with Crippen LogP contribution in [0.5, 0.6) is 5.75 Å². The molecule has 0 bridgehead atoms. The second kappa shape index (κ2) is 9.76. The summed E-state index contributed by atoms with van der Waals surface area (Å²) < 4.78 is 25.4. The highest BCUT2D eigenvalue weighted by Gasteiger charge is 2.62. The molecule has 2 fully saturated rings. The van der Waals surface area contributed by atoms with Crippen molar-refractivity contribution in [3.8, 4) is 5.75 Å². The van der Waals surface area contributed by atoms with E-state index in [0.29, 0.717) is 6.07 Å². The molecule has 2 aromatic carbocycles. The van der Waals surface area contributed by atoms with Crippen molar-refractivity contribution < 1.29 is 64.0 Å². The Kier molecular flexibility index (Phi) is 6.89. The van der Waals surface area contributed by atoms with Gasteiger partial charge in [0.15, 0.2) is 0 Å². The van der Waals surface area contributed by atoms with Crippen molar-refractivity contribution >= 4 is 17.7 Å². The van der Waals surface area contributed by atoms with E-state index in [9.17, 15) is 50.1 Å². The normalized spacial score (nSPS) is 23.4. The van der Waals surface area contributed by atoms with Gasteiger partial charge in [0.2, 0.25) is 11.6 Å². The van der Waals surface area contributed by atoms with Crippen molar-refractivity contribution in [3.63, 3.8) is 0 Å². The molecule has 0 spiro atoms. The third-order valence-electron chi connectivity index (χ3n) is 7.21. The third-order valence-corrected chi connectivity index (χ3v) is 7.21. The van der Waals surface area contributed by atoms with Gasteiger partial charge in [-0.05, 0) is 24.3 Å². The van der Waals surface area contributed by atoms with Crippen LogP contribution in [-0.2, 0) is 32.1 Å². The van der Waals surface area contributed by atoms with Crippen LogP contribution in [-0.4, -0.2) is 95.3 Å². The Hall–Kier alpha value is -3.58. The van der Waals surface area contributed by atoms with Crippen LogP contribution in [0.2, 0.25) is 0 Å². The van der Waals surface area contributed by atoms with Crippen LogP contribution < -0.4 is 10.1 Å². The van der Waals surface area contributed by atoms with E-state index in [1.54, 1.807) is 5.32 Å². The molecule has 2 aromatic rings. The number of carbonyl (C=O) groups excluding carboxylic acids is 3. The molecule has 1 atom stereocenters. The standard InChI is InChI=1S/C25H26FN3O12/c26-16-12-13(23(34,35)28-8-10-40-11-9-28)4-5-15(16)25(38,39)41-17-3-1-2-14-19(17)24(36,37)29(20(14)31)22(33)7-6-18(30)27-21(22)32/h1-5,12,33-39H,6-11H2,(H,27,30,32)/t22-/m1/s1. The second-order valence-electron chi connectivity index (χ2n) is 9.79. The van der Waals surface area contributed by atoms with Crippen molar-refractivity contribution in [1.82, 2.24) is 15.1 Å². The predicted octanol–water partition coefficient (Wildman–Crippen LogP) is -2.90. The zero-order valence-corrected chi connectivity index (χ0v) is 21.2. The number of hydrogen-bond donors (Lipinski definition) is 8. The number of ether oxygens (including phenoxy) is 2. The molecule has 220 valence electrons. The quantitative estimate of drug-likeness (QED) is 0.127. The zero-order valence-electron chi connectivity index (χ0n) is 21.2. The number of fused-ring (bicyclic) bond motifs is 1. The highest BCUT2D eigenvalue weighted by molar-refractivity contribution is 6.07. The number of piperidine rings is 1. The number of amides is 3. The van der Waals surface area contributed by atoms with Crippen molar-refractivity contribution in [2.24, 2.45) is 0 Å². The molecule has 0 unspecified atom stereocenters. The van der Waals surface area contributed by atoms with Crippen LogP contribution in [0.3, 0.4) is 0 Å². The van der Waals surface area contributed by atoms with Gasteiger partial charge < -0.3 is 45.2 Å². The third kappa shape index (κ3) is 4.64. The summed E-state index contributed by atoms with van der Waals surface area (Å²) in [4.78, 5) is 38.3. The molecule has 0 radical (unpaired) electrons. The smallest absolute Gasteiger partial charge is 0.354 e. The molecule has 8 N–H and O–H groups in total. The van der Waals surface area contributed by atoms with Crippen molar-refractivity contribution in [2.75, 3.05) is 26.3 Å². The summed E-state index contributed by atoms with van der Waals surface area (Å²) in [5.41, 5.74) is -5.49. The summed E-state index contributed by atoms with van der Waals surface area (Å²) in [5, 5.41) is 77.3. The van der Waals surface area contributed by atoms with Crippen molar-refractivity contribution in [2.45, 2.75) is 36.4 Å². The summed E-state index contributed by atoms with van der Waals surface area (Å²) in [6.07, 6.45) is -1.12. The summed E-state index contributed by atoms with van der Waals surface area (Å²) in [5.74, 6) is -15.2. The lowest BCUT2D eigenvalue weighted by Crippen LogP contribution is -2.67. The van der Waals surface area contributed by atoms with Gasteiger partial charge in [-0.25, -0.2) is 14.2 Å². The molecule has 5 rings (SSSR count). The Morgan fingerprint density at radius 1 is 1.00 bits per heavy atom. The minimum Gasteiger partial charge on any atom is -0.435 e. The molecule has 41 heavy (non-hydrogen) atoms. The van der Waals surface area contributed by atoms with Gasteiger partial charge in [-0.2, -0.15) is 0 Å². The maximum atomic E-state index is 15.1. The fourth-order valence-electron chi connectivity index (χ4n) is 5.10. The highest BCUT2D eigenvalue weighted by atomic mass is 19.1. The molecular weight excluding hydrogens is 553 g/mol. The minimum atomic E-state index is -3.53. The zero-order chi connectivity index (χ0) is 30.0. The Morgan fingerprint density at radius 2 is 1.68 bits per heavy atom. The highest BCUT2D eigenvalue weighted by Crippen LogP contribution is 2.46.